The number of ether oxygens (including phenoxy) is 1. The smallest absolute Gasteiger partial charge is 0.345 e. The number of rotatable bonds is 5. The van der Waals surface area contributed by atoms with Crippen LogP contribution in [0, 0.1) is 5.92 Å². The maximum Gasteiger partial charge on any atom is 0.345 e. The van der Waals surface area contributed by atoms with Gasteiger partial charge in [0, 0.05) is 5.92 Å². The Hall–Kier alpha value is -0.380. The van der Waals surface area contributed by atoms with Gasteiger partial charge in [-0.1, -0.05) is 6.92 Å². The molecule has 15 heavy (non-hydrogen) atoms. The Bertz CT molecular complexity index is 268. The summed E-state index contributed by atoms with van der Waals surface area (Å²) in [4.78, 5) is 11.4. The van der Waals surface area contributed by atoms with Crippen LogP contribution in [0.1, 0.15) is 20.8 Å². The molecule has 0 amide bonds. The van der Waals surface area contributed by atoms with Crippen molar-refractivity contribution in [2.75, 3.05) is 19.8 Å². The molecule has 88 valence electrons. The minimum atomic E-state index is -3.35. The van der Waals surface area contributed by atoms with Crippen molar-refractivity contribution in [1.82, 2.24) is 0 Å². The van der Waals surface area contributed by atoms with Crippen LogP contribution in [0.3, 0.4) is 0 Å². The van der Waals surface area contributed by atoms with Gasteiger partial charge in [-0.25, -0.2) is 0 Å². The van der Waals surface area contributed by atoms with Gasteiger partial charge in [-0.15, -0.1) is 0 Å². The van der Waals surface area contributed by atoms with Gasteiger partial charge < -0.3 is 13.8 Å². The molecule has 0 aromatic rings. The van der Waals surface area contributed by atoms with Gasteiger partial charge in [0.05, 0.1) is 19.8 Å². The zero-order valence-corrected chi connectivity index (χ0v) is 10.2. The van der Waals surface area contributed by atoms with E-state index in [4.69, 9.17) is 13.8 Å². The van der Waals surface area contributed by atoms with Crippen LogP contribution in [-0.4, -0.2) is 31.4 Å². The number of carbonyl (C=O) groups is 1. The van der Waals surface area contributed by atoms with Crippen molar-refractivity contribution >= 4 is 13.6 Å². The first-order valence-corrected chi connectivity index (χ1v) is 6.71. The molecule has 1 aliphatic heterocycles. The zero-order chi connectivity index (χ0) is 11.5. The fourth-order valence-corrected chi connectivity index (χ4v) is 3.78. The van der Waals surface area contributed by atoms with Crippen LogP contribution in [0.2, 0.25) is 0 Å². The summed E-state index contributed by atoms with van der Waals surface area (Å²) in [5.74, 6) is -0.603. The molecule has 0 radical (unpaired) electrons. The molecule has 0 N–H and O–H groups in total. The Morgan fingerprint density at radius 3 is 2.27 bits per heavy atom. The molecule has 2 atom stereocenters. The van der Waals surface area contributed by atoms with Gasteiger partial charge in [-0.05, 0) is 13.8 Å². The molecule has 0 aromatic heterocycles. The van der Waals surface area contributed by atoms with Crippen LogP contribution in [0.15, 0.2) is 0 Å². The average Bonchev–Trinajstić information content (AvgIpc) is 2.47. The van der Waals surface area contributed by atoms with Gasteiger partial charge in [0.15, 0.2) is 5.66 Å². The highest BCUT2D eigenvalue weighted by molar-refractivity contribution is 7.55. The molecule has 1 rings (SSSR count). The molecule has 1 saturated heterocycles. The molecule has 0 spiro atoms. The van der Waals surface area contributed by atoms with Gasteiger partial charge in [-0.3, -0.25) is 9.36 Å². The summed E-state index contributed by atoms with van der Waals surface area (Å²) in [5, 5.41) is 0. The van der Waals surface area contributed by atoms with Crippen LogP contribution in [0.4, 0.5) is 0 Å². The van der Waals surface area contributed by atoms with E-state index in [2.05, 4.69) is 0 Å². The first-order valence-electron chi connectivity index (χ1n) is 5.10. The Kier molecular flexibility index (Phi) is 4.32. The molecule has 0 bridgehead atoms. The van der Waals surface area contributed by atoms with E-state index in [1.807, 2.05) is 0 Å². The van der Waals surface area contributed by atoms with Crippen molar-refractivity contribution < 1.29 is 23.1 Å². The second-order valence-corrected chi connectivity index (χ2v) is 5.58. The summed E-state index contributed by atoms with van der Waals surface area (Å²) in [7, 11) is -3.35. The summed E-state index contributed by atoms with van der Waals surface area (Å²) in [6.45, 7) is 6.04. The number of hydrogen-bond donors (Lipinski definition) is 0. The Morgan fingerprint density at radius 2 is 1.93 bits per heavy atom. The monoisotopic (exact) mass is 236 g/mol. The first kappa shape index (κ1) is 12.7. The lowest BCUT2D eigenvalue weighted by Gasteiger charge is -2.22. The number of carbonyl (C=O) groups excluding carboxylic acids is 1. The van der Waals surface area contributed by atoms with E-state index >= 15 is 0 Å². The molecule has 1 fully saturated rings. The molecule has 1 aliphatic rings. The molecular weight excluding hydrogens is 219 g/mol. The third-order valence-corrected chi connectivity index (χ3v) is 4.87. The normalized spacial score (nSPS) is 26.7. The SMILES string of the molecule is CCOP(=O)(OCC)[C@H]1C(=O)OC[C@@H]1C. The van der Waals surface area contributed by atoms with Crippen molar-refractivity contribution in [1.29, 1.82) is 0 Å². The van der Waals surface area contributed by atoms with Crippen LogP contribution in [0.25, 0.3) is 0 Å². The van der Waals surface area contributed by atoms with E-state index in [-0.39, 0.29) is 25.7 Å². The lowest BCUT2D eigenvalue weighted by atomic mass is 10.1. The molecule has 0 aliphatic carbocycles. The predicted molar refractivity (Wildman–Crippen MR) is 54.8 cm³/mol. The second kappa shape index (κ2) is 5.10. The Labute approximate surface area is 89.6 Å². The maximum absolute atomic E-state index is 12.3. The quantitative estimate of drug-likeness (QED) is 0.538. The van der Waals surface area contributed by atoms with E-state index in [0.717, 1.165) is 0 Å². The largest absolute Gasteiger partial charge is 0.465 e. The lowest BCUT2D eigenvalue weighted by molar-refractivity contribution is -0.137. The molecule has 5 nitrogen and oxygen atoms in total. The van der Waals surface area contributed by atoms with Crippen LogP contribution in [-0.2, 0) is 23.1 Å². The van der Waals surface area contributed by atoms with Gasteiger partial charge in [-0.2, -0.15) is 0 Å². The number of esters is 1. The third-order valence-electron chi connectivity index (χ3n) is 2.23. The van der Waals surface area contributed by atoms with Crippen LogP contribution >= 0.6 is 7.60 Å². The van der Waals surface area contributed by atoms with E-state index in [1.54, 1.807) is 20.8 Å². The Morgan fingerprint density at radius 1 is 1.40 bits per heavy atom. The first-order chi connectivity index (χ1) is 7.05. The number of cyclic esters (lactones) is 1. The summed E-state index contributed by atoms with van der Waals surface area (Å²) in [6, 6.07) is 0. The van der Waals surface area contributed by atoms with Gasteiger partial charge in [0.25, 0.3) is 0 Å². The fourth-order valence-electron chi connectivity index (χ4n) is 1.62. The van der Waals surface area contributed by atoms with E-state index in [9.17, 15) is 9.36 Å². The van der Waals surface area contributed by atoms with Gasteiger partial charge >= 0.3 is 13.6 Å². The topological polar surface area (TPSA) is 61.8 Å². The van der Waals surface area contributed by atoms with Crippen molar-refractivity contribution in [3.63, 3.8) is 0 Å². The Balaban J connectivity index is 2.87. The zero-order valence-electron chi connectivity index (χ0n) is 9.26. The number of hydrogen-bond acceptors (Lipinski definition) is 5. The standard InChI is InChI=1S/C9H17O5P/c1-4-13-15(11,14-5-2)8-7(3)6-12-9(8)10/h7-8H,4-6H2,1-3H3/t7-,8+/m0/s1. The highest BCUT2D eigenvalue weighted by atomic mass is 31.2. The van der Waals surface area contributed by atoms with Crippen molar-refractivity contribution in [2.24, 2.45) is 5.92 Å². The molecule has 0 unspecified atom stereocenters. The van der Waals surface area contributed by atoms with E-state index in [1.165, 1.54) is 0 Å². The van der Waals surface area contributed by atoms with Gasteiger partial charge in [0.1, 0.15) is 0 Å². The summed E-state index contributed by atoms with van der Waals surface area (Å²) in [6.07, 6.45) is 0. The third kappa shape index (κ3) is 2.60. The average molecular weight is 236 g/mol. The van der Waals surface area contributed by atoms with Crippen molar-refractivity contribution in [3.8, 4) is 0 Å². The second-order valence-electron chi connectivity index (χ2n) is 3.43. The van der Waals surface area contributed by atoms with Gasteiger partial charge in [0.2, 0.25) is 0 Å². The molecule has 0 saturated carbocycles. The molecule has 0 aromatic carbocycles. The van der Waals surface area contributed by atoms with Crippen molar-refractivity contribution in [3.05, 3.63) is 0 Å². The van der Waals surface area contributed by atoms with Crippen molar-refractivity contribution in [2.45, 2.75) is 26.4 Å². The van der Waals surface area contributed by atoms with E-state index < -0.39 is 19.2 Å². The van der Waals surface area contributed by atoms with Crippen LogP contribution < -0.4 is 0 Å². The summed E-state index contributed by atoms with van der Waals surface area (Å²) in [5.41, 5.74) is -0.766. The molecule has 6 heteroatoms. The molecule has 1 heterocycles. The maximum atomic E-state index is 12.3. The lowest BCUT2D eigenvalue weighted by Crippen LogP contribution is -2.23. The van der Waals surface area contributed by atoms with E-state index in [0.29, 0.717) is 0 Å². The minimum Gasteiger partial charge on any atom is -0.465 e. The highest BCUT2D eigenvalue weighted by Gasteiger charge is 2.49. The van der Waals surface area contributed by atoms with Crippen LogP contribution in [0.5, 0.6) is 0 Å². The molecular formula is C9H17O5P. The highest BCUT2D eigenvalue weighted by Crippen LogP contribution is 2.57. The predicted octanol–water partition coefficient (Wildman–Crippen LogP) is 1.81. The fraction of sp³-hybridized carbons (Fsp3) is 0.889. The minimum absolute atomic E-state index is 0.124. The summed E-state index contributed by atoms with van der Waals surface area (Å²) >= 11 is 0. The summed E-state index contributed by atoms with van der Waals surface area (Å²) < 4.78 is 27.4.